The Hall–Kier alpha value is -3.13. The van der Waals surface area contributed by atoms with Crippen molar-refractivity contribution >= 4 is 11.6 Å². The summed E-state index contributed by atoms with van der Waals surface area (Å²) in [7, 11) is 0. The maximum atomic E-state index is 12.7. The van der Waals surface area contributed by atoms with Crippen LogP contribution in [0.4, 0.5) is 5.69 Å². The highest BCUT2D eigenvalue weighted by Crippen LogP contribution is 2.32. The maximum Gasteiger partial charge on any atom is 0.269 e. The van der Waals surface area contributed by atoms with Crippen molar-refractivity contribution in [1.82, 2.24) is 9.80 Å². The van der Waals surface area contributed by atoms with Crippen molar-refractivity contribution in [2.45, 2.75) is 6.42 Å². The Bertz CT molecular complexity index is 876. The molecule has 2 aromatic carbocycles. The standard InChI is InChI=1S/C20H21N3O5/c24-20(16-3-6-18-19(13-16)28-14-27-18)22-11-9-21(10-12-22)8-7-15-1-4-17(5-2-15)23(25)26/h1-6,13H,7-12,14H2. The lowest BCUT2D eigenvalue weighted by Gasteiger charge is -2.34. The number of carbonyl (C=O) groups is 1. The Morgan fingerprint density at radius 3 is 2.43 bits per heavy atom. The first-order valence-corrected chi connectivity index (χ1v) is 9.25. The molecule has 0 unspecified atom stereocenters. The lowest BCUT2D eigenvalue weighted by molar-refractivity contribution is -0.384. The van der Waals surface area contributed by atoms with Crippen LogP contribution in [0.25, 0.3) is 0 Å². The first-order chi connectivity index (χ1) is 13.6. The number of piperazine rings is 1. The summed E-state index contributed by atoms with van der Waals surface area (Å²) in [6, 6.07) is 12.0. The van der Waals surface area contributed by atoms with E-state index in [0.717, 1.165) is 31.6 Å². The van der Waals surface area contributed by atoms with Gasteiger partial charge in [0.15, 0.2) is 11.5 Å². The molecular weight excluding hydrogens is 362 g/mol. The molecule has 2 aliphatic rings. The fourth-order valence-corrected chi connectivity index (χ4v) is 3.46. The van der Waals surface area contributed by atoms with Crippen molar-refractivity contribution in [1.29, 1.82) is 0 Å². The third kappa shape index (κ3) is 3.91. The molecule has 0 aliphatic carbocycles. The van der Waals surface area contributed by atoms with Crippen LogP contribution in [0.3, 0.4) is 0 Å². The number of nitro benzene ring substituents is 1. The van der Waals surface area contributed by atoms with Gasteiger partial charge in [-0.1, -0.05) is 12.1 Å². The van der Waals surface area contributed by atoms with Gasteiger partial charge in [0.25, 0.3) is 11.6 Å². The molecule has 1 amide bonds. The molecule has 0 spiro atoms. The lowest BCUT2D eigenvalue weighted by Crippen LogP contribution is -2.49. The average molecular weight is 383 g/mol. The molecule has 0 N–H and O–H groups in total. The number of hydrogen-bond acceptors (Lipinski definition) is 6. The van der Waals surface area contributed by atoms with E-state index in [1.54, 1.807) is 30.3 Å². The van der Waals surface area contributed by atoms with Crippen LogP contribution in [0.1, 0.15) is 15.9 Å². The molecule has 0 bridgehead atoms. The molecule has 2 heterocycles. The molecule has 0 aromatic heterocycles. The predicted molar refractivity (Wildman–Crippen MR) is 102 cm³/mol. The van der Waals surface area contributed by atoms with Gasteiger partial charge in [-0.15, -0.1) is 0 Å². The van der Waals surface area contributed by atoms with E-state index < -0.39 is 0 Å². The topological polar surface area (TPSA) is 85.2 Å². The summed E-state index contributed by atoms with van der Waals surface area (Å²) in [4.78, 5) is 27.2. The predicted octanol–water partition coefficient (Wildman–Crippen LogP) is 2.32. The number of rotatable bonds is 5. The normalized spacial score (nSPS) is 16.2. The molecule has 0 atom stereocenters. The molecule has 4 rings (SSSR count). The van der Waals surface area contributed by atoms with Gasteiger partial charge in [-0.2, -0.15) is 0 Å². The minimum atomic E-state index is -0.389. The van der Waals surface area contributed by atoms with Crippen molar-refractivity contribution in [3.8, 4) is 11.5 Å². The largest absolute Gasteiger partial charge is 0.454 e. The van der Waals surface area contributed by atoms with Crippen molar-refractivity contribution in [2.24, 2.45) is 0 Å². The van der Waals surface area contributed by atoms with E-state index in [2.05, 4.69) is 4.90 Å². The fourth-order valence-electron chi connectivity index (χ4n) is 3.46. The number of benzene rings is 2. The molecule has 0 radical (unpaired) electrons. The molecule has 28 heavy (non-hydrogen) atoms. The van der Waals surface area contributed by atoms with Gasteiger partial charge in [-0.05, 0) is 30.2 Å². The zero-order chi connectivity index (χ0) is 19.5. The van der Waals surface area contributed by atoms with Crippen molar-refractivity contribution in [3.05, 3.63) is 63.7 Å². The Morgan fingerprint density at radius 1 is 1.00 bits per heavy atom. The summed E-state index contributed by atoms with van der Waals surface area (Å²) in [5.41, 5.74) is 1.80. The minimum absolute atomic E-state index is 0.00770. The van der Waals surface area contributed by atoms with Crippen LogP contribution in [0.5, 0.6) is 11.5 Å². The molecule has 8 heteroatoms. The van der Waals surface area contributed by atoms with E-state index in [9.17, 15) is 14.9 Å². The fraction of sp³-hybridized carbons (Fsp3) is 0.350. The van der Waals surface area contributed by atoms with E-state index in [4.69, 9.17) is 9.47 Å². The van der Waals surface area contributed by atoms with Crippen LogP contribution < -0.4 is 9.47 Å². The second kappa shape index (κ2) is 7.85. The Kier molecular flexibility index (Phi) is 5.12. The van der Waals surface area contributed by atoms with Crippen LogP contribution in [0, 0.1) is 10.1 Å². The van der Waals surface area contributed by atoms with Gasteiger partial charge in [-0.25, -0.2) is 0 Å². The number of carbonyl (C=O) groups excluding carboxylic acids is 1. The van der Waals surface area contributed by atoms with Crippen LogP contribution in [-0.2, 0) is 6.42 Å². The molecule has 0 saturated carbocycles. The third-order valence-corrected chi connectivity index (χ3v) is 5.14. The van der Waals surface area contributed by atoms with Gasteiger partial charge in [-0.3, -0.25) is 19.8 Å². The van der Waals surface area contributed by atoms with Gasteiger partial charge < -0.3 is 14.4 Å². The van der Waals surface area contributed by atoms with Gasteiger partial charge in [0.2, 0.25) is 6.79 Å². The van der Waals surface area contributed by atoms with Crippen molar-refractivity contribution in [2.75, 3.05) is 39.5 Å². The molecule has 2 aliphatic heterocycles. The molecule has 146 valence electrons. The number of non-ortho nitro benzene ring substituents is 1. The maximum absolute atomic E-state index is 12.7. The second-order valence-electron chi connectivity index (χ2n) is 6.88. The zero-order valence-electron chi connectivity index (χ0n) is 15.4. The van der Waals surface area contributed by atoms with Crippen LogP contribution in [0.2, 0.25) is 0 Å². The molecule has 1 fully saturated rings. The zero-order valence-corrected chi connectivity index (χ0v) is 15.4. The number of hydrogen-bond donors (Lipinski definition) is 0. The SMILES string of the molecule is O=C(c1ccc2c(c1)OCO2)N1CCN(CCc2ccc([N+](=O)[O-])cc2)CC1. The number of amides is 1. The number of ether oxygens (including phenoxy) is 2. The number of nitro groups is 1. The Balaban J connectivity index is 1.27. The first-order valence-electron chi connectivity index (χ1n) is 9.25. The summed E-state index contributed by atoms with van der Waals surface area (Å²) < 4.78 is 10.6. The quantitative estimate of drug-likeness (QED) is 0.582. The highest BCUT2D eigenvalue weighted by atomic mass is 16.7. The summed E-state index contributed by atoms with van der Waals surface area (Å²) in [6.07, 6.45) is 0.827. The monoisotopic (exact) mass is 383 g/mol. The summed E-state index contributed by atoms with van der Waals surface area (Å²) in [5, 5.41) is 10.7. The highest BCUT2D eigenvalue weighted by molar-refractivity contribution is 5.95. The van der Waals surface area contributed by atoms with E-state index in [-0.39, 0.29) is 23.3 Å². The van der Waals surface area contributed by atoms with Crippen molar-refractivity contribution < 1.29 is 19.2 Å². The van der Waals surface area contributed by atoms with E-state index in [1.165, 1.54) is 12.1 Å². The highest BCUT2D eigenvalue weighted by Gasteiger charge is 2.24. The first kappa shape index (κ1) is 18.2. The van der Waals surface area contributed by atoms with Gasteiger partial charge in [0, 0.05) is 50.4 Å². The van der Waals surface area contributed by atoms with Crippen LogP contribution in [-0.4, -0.2) is 60.1 Å². The van der Waals surface area contributed by atoms with Crippen LogP contribution in [0.15, 0.2) is 42.5 Å². The summed E-state index contributed by atoms with van der Waals surface area (Å²) in [5.74, 6) is 1.30. The minimum Gasteiger partial charge on any atom is -0.454 e. The smallest absolute Gasteiger partial charge is 0.269 e. The van der Waals surface area contributed by atoms with Gasteiger partial charge >= 0.3 is 0 Å². The summed E-state index contributed by atoms with van der Waals surface area (Å²) >= 11 is 0. The molecule has 2 aromatic rings. The third-order valence-electron chi connectivity index (χ3n) is 5.14. The molecular formula is C20H21N3O5. The molecule has 1 saturated heterocycles. The Labute approximate surface area is 162 Å². The summed E-state index contributed by atoms with van der Waals surface area (Å²) in [6.45, 7) is 4.03. The Morgan fingerprint density at radius 2 is 1.71 bits per heavy atom. The van der Waals surface area contributed by atoms with E-state index in [1.807, 2.05) is 4.90 Å². The number of fused-ring (bicyclic) bond motifs is 1. The molecule has 8 nitrogen and oxygen atoms in total. The van der Waals surface area contributed by atoms with E-state index in [0.29, 0.717) is 30.2 Å². The van der Waals surface area contributed by atoms with Gasteiger partial charge in [0.1, 0.15) is 0 Å². The lowest BCUT2D eigenvalue weighted by atomic mass is 10.1. The second-order valence-corrected chi connectivity index (χ2v) is 6.88. The average Bonchev–Trinajstić information content (AvgIpc) is 3.20. The van der Waals surface area contributed by atoms with E-state index >= 15 is 0 Å². The van der Waals surface area contributed by atoms with Crippen LogP contribution >= 0.6 is 0 Å². The number of nitrogens with zero attached hydrogens (tertiary/aromatic N) is 3. The van der Waals surface area contributed by atoms with Crippen molar-refractivity contribution in [3.63, 3.8) is 0 Å². The van der Waals surface area contributed by atoms with Gasteiger partial charge in [0.05, 0.1) is 4.92 Å².